The molecule has 0 heterocycles. The Morgan fingerprint density at radius 1 is 0.844 bits per heavy atom. The molecule has 2 N–H and O–H groups in total. The summed E-state index contributed by atoms with van der Waals surface area (Å²) in [7, 11) is 0. The highest BCUT2D eigenvalue weighted by Gasteiger charge is 2.37. The van der Waals surface area contributed by atoms with Crippen LogP contribution in [-0.2, 0) is 19.1 Å². The van der Waals surface area contributed by atoms with Gasteiger partial charge in [-0.15, -0.1) is 0 Å². The first-order valence-corrected chi connectivity index (χ1v) is 10.6. The first-order valence-electron chi connectivity index (χ1n) is 10.6. The molecule has 1 amide bonds. The van der Waals surface area contributed by atoms with Crippen LogP contribution in [0.15, 0.2) is 29.3 Å². The number of nitrogens with one attached hydrogen (secondary N) is 1. The summed E-state index contributed by atoms with van der Waals surface area (Å²) in [5.74, 6) is -4.43. The van der Waals surface area contributed by atoms with E-state index in [1.807, 2.05) is 13.8 Å². The summed E-state index contributed by atoms with van der Waals surface area (Å²) in [5, 5.41) is 12.3. The summed E-state index contributed by atoms with van der Waals surface area (Å²) in [5.41, 5.74) is 2.31. The van der Waals surface area contributed by atoms with Crippen molar-refractivity contribution in [3.8, 4) is 0 Å². The first-order chi connectivity index (χ1) is 14.9. The molecule has 2 atom stereocenters. The van der Waals surface area contributed by atoms with Crippen molar-refractivity contribution < 1.29 is 33.8 Å². The highest BCUT2D eigenvalue weighted by molar-refractivity contribution is 6.01. The van der Waals surface area contributed by atoms with E-state index < -0.39 is 35.7 Å². The molecule has 32 heavy (non-hydrogen) atoms. The van der Waals surface area contributed by atoms with Gasteiger partial charge in [-0.25, -0.2) is 9.59 Å². The first kappa shape index (κ1) is 25.1. The van der Waals surface area contributed by atoms with Gasteiger partial charge in [0.05, 0.1) is 35.2 Å². The average molecular weight is 446 g/mol. The van der Waals surface area contributed by atoms with Gasteiger partial charge in [0.15, 0.2) is 0 Å². The van der Waals surface area contributed by atoms with Gasteiger partial charge in [0.25, 0.3) is 0 Å². The lowest BCUT2D eigenvalue weighted by Crippen LogP contribution is -2.36. The standard InChI is InChI=1S/C24H31NO7/c1-12(2)31-23(29)16-9-17(24(30)32-13(3)4)11-18(10-16)25-21(26)19-7-14(5)15(6)8-20(19)22(27)28/h9-13,19-20H,7-8H2,1-6H3,(H,25,26)(H,27,28). The van der Waals surface area contributed by atoms with Crippen LogP contribution in [0.25, 0.3) is 0 Å². The Bertz CT molecular complexity index is 905. The van der Waals surface area contributed by atoms with Gasteiger partial charge in [-0.05, 0) is 72.6 Å². The lowest BCUT2D eigenvalue weighted by molar-refractivity contribution is -0.146. The van der Waals surface area contributed by atoms with Crippen LogP contribution in [-0.4, -0.2) is 41.1 Å². The van der Waals surface area contributed by atoms with Crippen LogP contribution in [0.4, 0.5) is 5.69 Å². The second-order valence-corrected chi connectivity index (χ2v) is 8.72. The number of anilines is 1. The fourth-order valence-corrected chi connectivity index (χ4v) is 3.56. The normalized spacial score (nSPS) is 18.5. The number of rotatable bonds is 7. The highest BCUT2D eigenvalue weighted by Crippen LogP contribution is 2.35. The Morgan fingerprint density at radius 2 is 1.28 bits per heavy atom. The van der Waals surface area contributed by atoms with E-state index in [1.165, 1.54) is 18.2 Å². The Balaban J connectivity index is 2.38. The molecule has 1 aromatic rings. The molecule has 0 aromatic heterocycles. The number of allylic oxidation sites excluding steroid dienone is 2. The van der Waals surface area contributed by atoms with Gasteiger partial charge >= 0.3 is 17.9 Å². The average Bonchev–Trinajstić information content (AvgIpc) is 2.68. The molecule has 0 radical (unpaired) electrons. The van der Waals surface area contributed by atoms with Gasteiger partial charge in [0, 0.05) is 5.69 Å². The van der Waals surface area contributed by atoms with Crippen molar-refractivity contribution in [2.45, 2.75) is 66.6 Å². The Morgan fingerprint density at radius 3 is 1.69 bits per heavy atom. The van der Waals surface area contributed by atoms with E-state index in [0.29, 0.717) is 12.8 Å². The minimum atomic E-state index is -1.03. The van der Waals surface area contributed by atoms with Crippen LogP contribution in [0.2, 0.25) is 0 Å². The maximum Gasteiger partial charge on any atom is 0.338 e. The van der Waals surface area contributed by atoms with Crippen LogP contribution in [0, 0.1) is 11.8 Å². The molecule has 0 saturated carbocycles. The predicted octanol–water partition coefficient (Wildman–Crippen LogP) is 4.20. The van der Waals surface area contributed by atoms with Gasteiger partial charge in [-0.3, -0.25) is 9.59 Å². The molecular formula is C24H31NO7. The SMILES string of the molecule is CC1=C(C)CC(C(=O)Nc2cc(C(=O)OC(C)C)cc(C(=O)OC(C)C)c2)C(C(=O)O)C1. The summed E-state index contributed by atoms with van der Waals surface area (Å²) in [6, 6.07) is 4.16. The second-order valence-electron chi connectivity index (χ2n) is 8.72. The van der Waals surface area contributed by atoms with E-state index in [9.17, 15) is 24.3 Å². The third-order valence-electron chi connectivity index (χ3n) is 5.28. The number of carbonyl (C=O) groups is 4. The third kappa shape index (κ3) is 6.42. The number of ether oxygens (including phenoxy) is 2. The zero-order valence-corrected chi connectivity index (χ0v) is 19.4. The van der Waals surface area contributed by atoms with Gasteiger partial charge in [-0.2, -0.15) is 0 Å². The number of carboxylic acid groups (broad SMARTS) is 1. The van der Waals surface area contributed by atoms with Crippen LogP contribution in [0.1, 0.15) is 75.1 Å². The lowest BCUT2D eigenvalue weighted by Gasteiger charge is -2.29. The summed E-state index contributed by atoms with van der Waals surface area (Å²) < 4.78 is 10.4. The summed E-state index contributed by atoms with van der Waals surface area (Å²) in [6.07, 6.45) is -0.121. The van der Waals surface area contributed by atoms with Crippen molar-refractivity contribution in [1.82, 2.24) is 0 Å². The second kappa shape index (κ2) is 10.4. The predicted molar refractivity (Wildman–Crippen MR) is 118 cm³/mol. The molecule has 1 aromatic carbocycles. The number of carbonyl (C=O) groups excluding carboxylic acids is 3. The van der Waals surface area contributed by atoms with Crippen molar-refractivity contribution in [2.24, 2.45) is 11.8 Å². The monoisotopic (exact) mass is 445 g/mol. The number of hydrogen-bond acceptors (Lipinski definition) is 6. The van der Waals surface area contributed by atoms with Crippen molar-refractivity contribution in [1.29, 1.82) is 0 Å². The molecular weight excluding hydrogens is 414 g/mol. The maximum absolute atomic E-state index is 13.0. The Kier molecular flexibility index (Phi) is 8.19. The van der Waals surface area contributed by atoms with E-state index in [2.05, 4.69) is 5.32 Å². The van der Waals surface area contributed by atoms with Gasteiger partial charge in [-0.1, -0.05) is 11.1 Å². The number of esters is 2. The van der Waals surface area contributed by atoms with Crippen LogP contribution >= 0.6 is 0 Å². The summed E-state index contributed by atoms with van der Waals surface area (Å²) >= 11 is 0. The quantitative estimate of drug-likeness (QED) is 0.477. The molecule has 1 aliphatic carbocycles. The number of amides is 1. The van der Waals surface area contributed by atoms with Crippen LogP contribution in [0.3, 0.4) is 0 Å². The van der Waals surface area contributed by atoms with E-state index in [1.54, 1.807) is 27.7 Å². The Hall–Kier alpha value is -3.16. The third-order valence-corrected chi connectivity index (χ3v) is 5.28. The van der Waals surface area contributed by atoms with E-state index in [0.717, 1.165) is 11.1 Å². The van der Waals surface area contributed by atoms with Crippen molar-refractivity contribution in [3.05, 3.63) is 40.5 Å². The summed E-state index contributed by atoms with van der Waals surface area (Å²) in [4.78, 5) is 49.6. The molecule has 2 rings (SSSR count). The minimum Gasteiger partial charge on any atom is -0.481 e. The van der Waals surface area contributed by atoms with Crippen LogP contribution < -0.4 is 5.32 Å². The molecule has 8 heteroatoms. The van der Waals surface area contributed by atoms with E-state index >= 15 is 0 Å². The van der Waals surface area contributed by atoms with Crippen molar-refractivity contribution in [3.63, 3.8) is 0 Å². The zero-order chi connectivity index (χ0) is 24.2. The van der Waals surface area contributed by atoms with Gasteiger partial charge in [0.2, 0.25) is 5.91 Å². The minimum absolute atomic E-state index is 0.0811. The summed E-state index contributed by atoms with van der Waals surface area (Å²) in [6.45, 7) is 10.6. The molecule has 2 unspecified atom stereocenters. The van der Waals surface area contributed by atoms with E-state index in [-0.39, 0.29) is 29.0 Å². The van der Waals surface area contributed by atoms with Crippen molar-refractivity contribution in [2.75, 3.05) is 5.32 Å². The lowest BCUT2D eigenvalue weighted by atomic mass is 9.76. The molecule has 0 fully saturated rings. The van der Waals surface area contributed by atoms with E-state index in [4.69, 9.17) is 9.47 Å². The fraction of sp³-hybridized carbons (Fsp3) is 0.500. The molecule has 174 valence electrons. The molecule has 0 spiro atoms. The number of benzene rings is 1. The molecule has 1 aliphatic rings. The largest absolute Gasteiger partial charge is 0.481 e. The smallest absolute Gasteiger partial charge is 0.338 e. The number of hydrogen-bond donors (Lipinski definition) is 2. The number of aliphatic carboxylic acids is 1. The van der Waals surface area contributed by atoms with Gasteiger partial charge < -0.3 is 19.9 Å². The topological polar surface area (TPSA) is 119 Å². The van der Waals surface area contributed by atoms with Crippen LogP contribution in [0.5, 0.6) is 0 Å². The molecule has 8 nitrogen and oxygen atoms in total. The molecule has 0 bridgehead atoms. The fourth-order valence-electron chi connectivity index (χ4n) is 3.56. The number of carboxylic acids is 1. The zero-order valence-electron chi connectivity index (χ0n) is 19.4. The Labute approximate surface area is 188 Å². The maximum atomic E-state index is 13.0. The van der Waals surface area contributed by atoms with Gasteiger partial charge in [0.1, 0.15) is 0 Å². The highest BCUT2D eigenvalue weighted by atomic mass is 16.5. The molecule has 0 aliphatic heterocycles. The molecule has 0 saturated heterocycles. The van der Waals surface area contributed by atoms with Crippen molar-refractivity contribution >= 4 is 29.5 Å².